The van der Waals surface area contributed by atoms with E-state index in [1.807, 2.05) is 24.3 Å². The SMILES string of the molecule is CCc1ccc(CC(NN)c2ccc(Cl)cc2)cc1. The molecule has 2 nitrogen and oxygen atoms in total. The number of aryl methyl sites for hydroxylation is 1. The molecule has 0 spiro atoms. The van der Waals surface area contributed by atoms with Crippen LogP contribution in [-0.4, -0.2) is 0 Å². The van der Waals surface area contributed by atoms with E-state index in [2.05, 4.69) is 36.6 Å². The van der Waals surface area contributed by atoms with E-state index in [0.717, 1.165) is 23.4 Å². The molecule has 0 fully saturated rings. The van der Waals surface area contributed by atoms with Crippen molar-refractivity contribution in [2.24, 2.45) is 5.84 Å². The molecule has 1 unspecified atom stereocenters. The third-order valence-corrected chi connectivity index (χ3v) is 3.60. The summed E-state index contributed by atoms with van der Waals surface area (Å²) >= 11 is 5.90. The van der Waals surface area contributed by atoms with Crippen molar-refractivity contribution in [2.45, 2.75) is 25.8 Å². The second kappa shape index (κ2) is 6.71. The molecule has 0 radical (unpaired) electrons. The highest BCUT2D eigenvalue weighted by Crippen LogP contribution is 2.20. The number of hydrogen-bond donors (Lipinski definition) is 2. The Balaban J connectivity index is 2.11. The van der Waals surface area contributed by atoms with Crippen LogP contribution < -0.4 is 11.3 Å². The lowest BCUT2D eigenvalue weighted by Crippen LogP contribution is -2.29. The lowest BCUT2D eigenvalue weighted by Gasteiger charge is -2.16. The monoisotopic (exact) mass is 274 g/mol. The molecule has 3 N–H and O–H groups in total. The molecule has 0 aliphatic heterocycles. The Morgan fingerprint density at radius 3 is 2.11 bits per heavy atom. The summed E-state index contributed by atoms with van der Waals surface area (Å²) in [5, 5.41) is 0.742. The average molecular weight is 275 g/mol. The molecule has 3 heteroatoms. The maximum atomic E-state index is 5.90. The molecule has 0 saturated carbocycles. The van der Waals surface area contributed by atoms with Gasteiger partial charge in [-0.15, -0.1) is 0 Å². The topological polar surface area (TPSA) is 38.0 Å². The summed E-state index contributed by atoms with van der Waals surface area (Å²) in [6.07, 6.45) is 1.93. The molecule has 0 aromatic heterocycles. The molecular weight excluding hydrogens is 256 g/mol. The Morgan fingerprint density at radius 2 is 1.58 bits per heavy atom. The van der Waals surface area contributed by atoms with Gasteiger partial charge >= 0.3 is 0 Å². The minimum atomic E-state index is 0.102. The van der Waals surface area contributed by atoms with Gasteiger partial charge in [0.15, 0.2) is 0 Å². The van der Waals surface area contributed by atoms with Gasteiger partial charge in [-0.25, -0.2) is 0 Å². The summed E-state index contributed by atoms with van der Waals surface area (Å²) in [4.78, 5) is 0. The summed E-state index contributed by atoms with van der Waals surface area (Å²) in [7, 11) is 0. The maximum Gasteiger partial charge on any atom is 0.0500 e. The van der Waals surface area contributed by atoms with E-state index in [1.54, 1.807) is 0 Å². The number of hydrogen-bond acceptors (Lipinski definition) is 2. The molecule has 0 aliphatic rings. The Labute approximate surface area is 119 Å². The fourth-order valence-electron chi connectivity index (χ4n) is 2.11. The summed E-state index contributed by atoms with van der Waals surface area (Å²) in [5.41, 5.74) is 6.64. The van der Waals surface area contributed by atoms with Crippen LogP contribution in [0.5, 0.6) is 0 Å². The minimum Gasteiger partial charge on any atom is -0.271 e. The third kappa shape index (κ3) is 3.80. The second-order valence-electron chi connectivity index (χ2n) is 4.64. The zero-order valence-corrected chi connectivity index (χ0v) is 11.8. The Morgan fingerprint density at radius 1 is 1.00 bits per heavy atom. The van der Waals surface area contributed by atoms with Crippen molar-refractivity contribution in [1.82, 2.24) is 5.43 Å². The van der Waals surface area contributed by atoms with Crippen LogP contribution in [0.25, 0.3) is 0 Å². The van der Waals surface area contributed by atoms with Gasteiger partial charge in [0.1, 0.15) is 0 Å². The Bertz CT molecular complexity index is 505. The molecule has 100 valence electrons. The third-order valence-electron chi connectivity index (χ3n) is 3.34. The fraction of sp³-hybridized carbons (Fsp3) is 0.250. The summed E-state index contributed by atoms with van der Waals surface area (Å²) in [6, 6.07) is 16.6. The van der Waals surface area contributed by atoms with E-state index in [0.29, 0.717) is 0 Å². The van der Waals surface area contributed by atoms with Crippen LogP contribution in [0.1, 0.15) is 29.7 Å². The lowest BCUT2D eigenvalue weighted by molar-refractivity contribution is 0.552. The number of halogens is 1. The van der Waals surface area contributed by atoms with Crippen LogP contribution >= 0.6 is 11.6 Å². The van der Waals surface area contributed by atoms with E-state index in [4.69, 9.17) is 17.4 Å². The number of benzene rings is 2. The molecule has 0 saturated heterocycles. The standard InChI is InChI=1S/C16H19ClN2/c1-2-12-3-5-13(6-4-12)11-16(19-18)14-7-9-15(17)10-8-14/h3-10,16,19H,2,11,18H2,1H3. The van der Waals surface area contributed by atoms with Gasteiger partial charge in [-0.2, -0.15) is 0 Å². The molecule has 2 rings (SSSR count). The van der Waals surface area contributed by atoms with Gasteiger partial charge in [0.2, 0.25) is 0 Å². The molecule has 1 atom stereocenters. The van der Waals surface area contributed by atoms with Gasteiger partial charge in [-0.05, 0) is 41.7 Å². The highest BCUT2D eigenvalue weighted by molar-refractivity contribution is 6.30. The largest absolute Gasteiger partial charge is 0.271 e. The first-order chi connectivity index (χ1) is 9.22. The number of rotatable bonds is 5. The van der Waals surface area contributed by atoms with Gasteiger partial charge in [0, 0.05) is 11.1 Å². The highest BCUT2D eigenvalue weighted by atomic mass is 35.5. The zero-order chi connectivity index (χ0) is 13.7. The quantitative estimate of drug-likeness (QED) is 0.645. The van der Waals surface area contributed by atoms with E-state index in [1.165, 1.54) is 11.1 Å². The van der Waals surface area contributed by atoms with Crippen molar-refractivity contribution in [3.05, 3.63) is 70.2 Å². The molecule has 0 aliphatic carbocycles. The van der Waals surface area contributed by atoms with Crippen LogP contribution in [0.2, 0.25) is 5.02 Å². The van der Waals surface area contributed by atoms with E-state index in [-0.39, 0.29) is 6.04 Å². The van der Waals surface area contributed by atoms with Crippen molar-refractivity contribution in [2.75, 3.05) is 0 Å². The highest BCUT2D eigenvalue weighted by Gasteiger charge is 2.10. The van der Waals surface area contributed by atoms with Crippen LogP contribution in [0.4, 0.5) is 0 Å². The predicted octanol–water partition coefficient (Wildman–Crippen LogP) is 3.65. The van der Waals surface area contributed by atoms with E-state index < -0.39 is 0 Å². The van der Waals surface area contributed by atoms with Gasteiger partial charge in [-0.1, -0.05) is 54.9 Å². The molecule has 0 amide bonds. The van der Waals surface area contributed by atoms with Crippen LogP contribution in [0.3, 0.4) is 0 Å². The first-order valence-corrected chi connectivity index (χ1v) is 6.90. The Hall–Kier alpha value is -1.35. The van der Waals surface area contributed by atoms with Crippen molar-refractivity contribution in [3.63, 3.8) is 0 Å². The van der Waals surface area contributed by atoms with Crippen LogP contribution in [0.15, 0.2) is 48.5 Å². The molecule has 0 bridgehead atoms. The first kappa shape index (κ1) is 14.1. The number of nitrogens with one attached hydrogen (secondary N) is 1. The maximum absolute atomic E-state index is 5.90. The Kier molecular flexibility index (Phi) is 4.97. The first-order valence-electron chi connectivity index (χ1n) is 6.52. The predicted molar refractivity (Wildman–Crippen MR) is 81.0 cm³/mol. The zero-order valence-electron chi connectivity index (χ0n) is 11.1. The van der Waals surface area contributed by atoms with Crippen molar-refractivity contribution < 1.29 is 0 Å². The molecule has 2 aromatic rings. The minimum absolute atomic E-state index is 0.102. The van der Waals surface area contributed by atoms with Crippen molar-refractivity contribution >= 4 is 11.6 Å². The molecule has 0 heterocycles. The summed E-state index contributed by atoms with van der Waals surface area (Å²) in [6.45, 7) is 2.16. The van der Waals surface area contributed by atoms with Gasteiger partial charge in [-0.3, -0.25) is 11.3 Å². The normalized spacial score (nSPS) is 12.4. The number of hydrazine groups is 1. The molecule has 2 aromatic carbocycles. The second-order valence-corrected chi connectivity index (χ2v) is 5.08. The van der Waals surface area contributed by atoms with Crippen molar-refractivity contribution in [1.29, 1.82) is 0 Å². The lowest BCUT2D eigenvalue weighted by atomic mass is 9.98. The van der Waals surface area contributed by atoms with E-state index in [9.17, 15) is 0 Å². The van der Waals surface area contributed by atoms with Gasteiger partial charge in [0.25, 0.3) is 0 Å². The summed E-state index contributed by atoms with van der Waals surface area (Å²) < 4.78 is 0. The molecule has 19 heavy (non-hydrogen) atoms. The smallest absolute Gasteiger partial charge is 0.0500 e. The van der Waals surface area contributed by atoms with Crippen LogP contribution in [0, 0.1) is 0 Å². The van der Waals surface area contributed by atoms with E-state index >= 15 is 0 Å². The van der Waals surface area contributed by atoms with Gasteiger partial charge in [0.05, 0.1) is 0 Å². The van der Waals surface area contributed by atoms with Crippen molar-refractivity contribution in [3.8, 4) is 0 Å². The fourth-order valence-corrected chi connectivity index (χ4v) is 2.24. The number of nitrogens with two attached hydrogens (primary N) is 1. The average Bonchev–Trinajstić information content (AvgIpc) is 2.46. The van der Waals surface area contributed by atoms with Gasteiger partial charge < -0.3 is 0 Å². The summed E-state index contributed by atoms with van der Waals surface area (Å²) in [5.74, 6) is 5.66. The molecular formula is C16H19ClN2. The van der Waals surface area contributed by atoms with Crippen LogP contribution in [-0.2, 0) is 12.8 Å².